The van der Waals surface area contributed by atoms with Crippen molar-refractivity contribution in [1.29, 1.82) is 0 Å². The van der Waals surface area contributed by atoms with Gasteiger partial charge < -0.3 is 10.6 Å². The third-order valence-electron chi connectivity index (χ3n) is 3.41. The van der Waals surface area contributed by atoms with Crippen LogP contribution in [0.2, 0.25) is 0 Å². The van der Waals surface area contributed by atoms with Crippen LogP contribution in [0.4, 0.5) is 5.69 Å². The van der Waals surface area contributed by atoms with Crippen LogP contribution < -0.4 is 10.6 Å². The molecule has 3 nitrogen and oxygen atoms in total. The predicted molar refractivity (Wildman–Crippen MR) is 94.9 cm³/mol. The van der Waals surface area contributed by atoms with Crippen LogP contribution in [0.5, 0.6) is 0 Å². The second-order valence-electron chi connectivity index (χ2n) is 5.11. The third-order valence-corrected chi connectivity index (χ3v) is 3.94. The highest BCUT2D eigenvalue weighted by Crippen LogP contribution is 2.16. The van der Waals surface area contributed by atoms with Gasteiger partial charge >= 0.3 is 0 Å². The molecule has 2 aromatic carbocycles. The molecule has 2 aromatic rings. The minimum absolute atomic E-state index is 0.0480. The number of amides is 1. The smallest absolute Gasteiger partial charge is 0.224 e. The molecule has 0 heterocycles. The lowest BCUT2D eigenvalue weighted by atomic mass is 10.1. The molecule has 0 unspecified atom stereocenters. The van der Waals surface area contributed by atoms with Gasteiger partial charge in [0.1, 0.15) is 0 Å². The first kappa shape index (κ1) is 16.7. The van der Waals surface area contributed by atoms with Crippen LogP contribution in [0, 0.1) is 0 Å². The van der Waals surface area contributed by atoms with E-state index in [0.29, 0.717) is 6.42 Å². The zero-order valence-electron chi connectivity index (χ0n) is 12.7. The van der Waals surface area contributed by atoms with E-state index >= 15 is 0 Å². The zero-order valence-corrected chi connectivity index (χ0v) is 14.3. The number of hydrogen-bond acceptors (Lipinski definition) is 2. The number of aryl methyl sites for hydroxylation is 1. The third kappa shape index (κ3) is 5.28. The van der Waals surface area contributed by atoms with Crippen LogP contribution in [0.3, 0.4) is 0 Å². The maximum Gasteiger partial charge on any atom is 0.224 e. The summed E-state index contributed by atoms with van der Waals surface area (Å²) >= 11 is 3.41. The Morgan fingerprint density at radius 1 is 1.09 bits per heavy atom. The molecule has 0 radical (unpaired) electrons. The normalized spacial score (nSPS) is 10.5. The van der Waals surface area contributed by atoms with E-state index in [0.717, 1.165) is 35.2 Å². The molecule has 0 atom stereocenters. The fourth-order valence-corrected chi connectivity index (χ4v) is 2.44. The first-order valence-corrected chi connectivity index (χ1v) is 8.31. The van der Waals surface area contributed by atoms with Gasteiger partial charge in [-0.3, -0.25) is 4.79 Å². The van der Waals surface area contributed by atoms with Gasteiger partial charge in [-0.2, -0.15) is 0 Å². The zero-order chi connectivity index (χ0) is 15.8. The Morgan fingerprint density at radius 3 is 2.55 bits per heavy atom. The van der Waals surface area contributed by atoms with Crippen molar-refractivity contribution in [3.8, 4) is 0 Å². The topological polar surface area (TPSA) is 41.1 Å². The van der Waals surface area contributed by atoms with Crippen molar-refractivity contribution in [1.82, 2.24) is 5.32 Å². The Hall–Kier alpha value is -1.65. The van der Waals surface area contributed by atoms with Gasteiger partial charge in [-0.1, -0.05) is 53.2 Å². The van der Waals surface area contributed by atoms with Gasteiger partial charge in [0.05, 0.1) is 0 Å². The number of rotatable bonds is 7. The van der Waals surface area contributed by atoms with Crippen LogP contribution in [0.15, 0.2) is 53.0 Å². The monoisotopic (exact) mass is 360 g/mol. The summed E-state index contributed by atoms with van der Waals surface area (Å²) in [7, 11) is 0. The standard InChI is InChI=1S/C18H21BrN2O/c1-2-20-13-15-5-3-4-6-17(15)21-18(22)12-9-14-7-10-16(19)11-8-14/h3-8,10-11,20H,2,9,12-13H2,1H3,(H,21,22). The van der Waals surface area contributed by atoms with Crippen LogP contribution in [-0.2, 0) is 17.8 Å². The minimum atomic E-state index is 0.0480. The molecule has 0 fully saturated rings. The van der Waals surface area contributed by atoms with Gasteiger partial charge in [0.2, 0.25) is 5.91 Å². The van der Waals surface area contributed by atoms with Crippen LogP contribution in [0.1, 0.15) is 24.5 Å². The number of para-hydroxylation sites is 1. The van der Waals surface area contributed by atoms with Crippen molar-refractivity contribution in [2.75, 3.05) is 11.9 Å². The molecule has 0 aliphatic carbocycles. The van der Waals surface area contributed by atoms with Crippen molar-refractivity contribution >= 4 is 27.5 Å². The van der Waals surface area contributed by atoms with Crippen LogP contribution in [0.25, 0.3) is 0 Å². The largest absolute Gasteiger partial charge is 0.326 e. The minimum Gasteiger partial charge on any atom is -0.326 e. The maximum atomic E-state index is 12.1. The molecular weight excluding hydrogens is 340 g/mol. The van der Waals surface area contributed by atoms with Crippen molar-refractivity contribution in [2.24, 2.45) is 0 Å². The van der Waals surface area contributed by atoms with E-state index in [2.05, 4.69) is 33.5 Å². The van der Waals surface area contributed by atoms with Crippen LogP contribution >= 0.6 is 15.9 Å². The average Bonchev–Trinajstić information content (AvgIpc) is 2.53. The summed E-state index contributed by atoms with van der Waals surface area (Å²) in [6.07, 6.45) is 1.23. The second-order valence-corrected chi connectivity index (χ2v) is 6.03. The number of hydrogen-bond donors (Lipinski definition) is 2. The van der Waals surface area contributed by atoms with Gasteiger partial charge in [-0.15, -0.1) is 0 Å². The molecule has 0 aliphatic heterocycles. The van der Waals surface area contributed by atoms with E-state index in [1.54, 1.807) is 0 Å². The summed E-state index contributed by atoms with van der Waals surface area (Å²) in [5.41, 5.74) is 3.17. The fourth-order valence-electron chi connectivity index (χ4n) is 2.18. The van der Waals surface area contributed by atoms with E-state index in [1.807, 2.05) is 48.5 Å². The van der Waals surface area contributed by atoms with E-state index in [9.17, 15) is 4.79 Å². The molecule has 0 aromatic heterocycles. The Bertz CT molecular complexity index is 611. The number of anilines is 1. The van der Waals surface area contributed by atoms with Gasteiger partial charge in [0.15, 0.2) is 0 Å². The molecule has 22 heavy (non-hydrogen) atoms. The fraction of sp³-hybridized carbons (Fsp3) is 0.278. The summed E-state index contributed by atoms with van der Waals surface area (Å²) in [5, 5.41) is 6.30. The summed E-state index contributed by atoms with van der Waals surface area (Å²) in [6, 6.07) is 16.0. The van der Waals surface area contributed by atoms with Gasteiger partial charge in [-0.05, 0) is 42.3 Å². The summed E-state index contributed by atoms with van der Waals surface area (Å²) in [5.74, 6) is 0.0480. The molecule has 0 aliphatic rings. The summed E-state index contributed by atoms with van der Waals surface area (Å²) < 4.78 is 1.05. The first-order valence-electron chi connectivity index (χ1n) is 7.52. The Labute approximate surface area is 140 Å². The van der Waals surface area contributed by atoms with Crippen molar-refractivity contribution in [2.45, 2.75) is 26.3 Å². The number of carbonyl (C=O) groups is 1. The number of carbonyl (C=O) groups excluding carboxylic acids is 1. The van der Waals surface area contributed by atoms with Gasteiger partial charge in [0.25, 0.3) is 0 Å². The Balaban J connectivity index is 1.90. The molecule has 4 heteroatoms. The molecule has 116 valence electrons. The molecule has 2 N–H and O–H groups in total. The second kappa shape index (κ2) is 8.71. The van der Waals surface area contributed by atoms with E-state index in [-0.39, 0.29) is 5.91 Å². The number of halogens is 1. The van der Waals surface area contributed by atoms with Gasteiger partial charge in [0, 0.05) is 23.1 Å². The molecule has 0 bridgehead atoms. The number of benzene rings is 2. The highest BCUT2D eigenvalue weighted by atomic mass is 79.9. The summed E-state index contributed by atoms with van der Waals surface area (Å²) in [6.45, 7) is 3.74. The molecule has 2 rings (SSSR count). The molecule has 0 spiro atoms. The molecule has 0 saturated heterocycles. The highest BCUT2D eigenvalue weighted by Gasteiger charge is 2.06. The van der Waals surface area contributed by atoms with Crippen molar-refractivity contribution < 1.29 is 4.79 Å². The molecule has 1 amide bonds. The lowest BCUT2D eigenvalue weighted by Gasteiger charge is -2.11. The summed E-state index contributed by atoms with van der Waals surface area (Å²) in [4.78, 5) is 12.1. The molecule has 0 saturated carbocycles. The maximum absolute atomic E-state index is 12.1. The number of nitrogens with one attached hydrogen (secondary N) is 2. The Kier molecular flexibility index (Phi) is 6.62. The van der Waals surface area contributed by atoms with E-state index < -0.39 is 0 Å². The lowest BCUT2D eigenvalue weighted by molar-refractivity contribution is -0.116. The van der Waals surface area contributed by atoms with Crippen LogP contribution in [-0.4, -0.2) is 12.5 Å². The van der Waals surface area contributed by atoms with E-state index in [4.69, 9.17) is 0 Å². The quantitative estimate of drug-likeness (QED) is 0.779. The van der Waals surface area contributed by atoms with Gasteiger partial charge in [-0.25, -0.2) is 0 Å². The van der Waals surface area contributed by atoms with Crippen molar-refractivity contribution in [3.05, 3.63) is 64.1 Å². The highest BCUT2D eigenvalue weighted by molar-refractivity contribution is 9.10. The van der Waals surface area contributed by atoms with Crippen molar-refractivity contribution in [3.63, 3.8) is 0 Å². The molecular formula is C18H21BrN2O. The predicted octanol–water partition coefficient (Wildman–Crippen LogP) is 4.13. The lowest BCUT2D eigenvalue weighted by Crippen LogP contribution is -2.17. The average molecular weight is 361 g/mol. The SMILES string of the molecule is CCNCc1ccccc1NC(=O)CCc1ccc(Br)cc1. The van der Waals surface area contributed by atoms with E-state index in [1.165, 1.54) is 5.56 Å². The Morgan fingerprint density at radius 2 is 1.82 bits per heavy atom. The first-order chi connectivity index (χ1) is 10.7.